The molecule has 0 amide bonds. The van der Waals surface area contributed by atoms with E-state index < -0.39 is 0 Å². The van der Waals surface area contributed by atoms with Crippen molar-refractivity contribution in [2.45, 2.75) is 27.3 Å². The van der Waals surface area contributed by atoms with E-state index in [-0.39, 0.29) is 0 Å². The van der Waals surface area contributed by atoms with Gasteiger partial charge in [0.2, 0.25) is 0 Å². The van der Waals surface area contributed by atoms with Crippen LogP contribution in [0.4, 0.5) is 0 Å². The van der Waals surface area contributed by atoms with E-state index >= 15 is 0 Å². The molecule has 0 aromatic carbocycles. The molecule has 0 aliphatic rings. The molecule has 1 heterocycles. The van der Waals surface area contributed by atoms with Crippen LogP contribution >= 0.6 is 0 Å². The molecule has 9 heavy (non-hydrogen) atoms. The number of aryl methyl sites for hydroxylation is 3. The van der Waals surface area contributed by atoms with Gasteiger partial charge >= 0.3 is 0 Å². The highest BCUT2D eigenvalue weighted by atomic mass is 15.3. The van der Waals surface area contributed by atoms with Crippen molar-refractivity contribution < 1.29 is 0 Å². The molecule has 0 N–H and O–H groups in total. The first-order valence-electron chi connectivity index (χ1n) is 3.17. The van der Waals surface area contributed by atoms with E-state index in [1.54, 1.807) is 0 Å². The Hall–Kier alpha value is -0.790. The van der Waals surface area contributed by atoms with Crippen molar-refractivity contribution in [2.75, 3.05) is 0 Å². The lowest BCUT2D eigenvalue weighted by Gasteiger charge is -1.95. The molecule has 1 aromatic rings. The third-order valence-electron chi connectivity index (χ3n) is 1.32. The van der Waals surface area contributed by atoms with Gasteiger partial charge < -0.3 is 0 Å². The van der Waals surface area contributed by atoms with Crippen LogP contribution in [0.5, 0.6) is 0 Å². The van der Waals surface area contributed by atoms with Gasteiger partial charge in [-0.3, -0.25) is 4.68 Å². The minimum atomic E-state index is 0.941. The van der Waals surface area contributed by atoms with Gasteiger partial charge in [-0.15, -0.1) is 0 Å². The fraction of sp³-hybridized carbons (Fsp3) is 0.571. The molecule has 0 bridgehead atoms. The third-order valence-corrected chi connectivity index (χ3v) is 1.32. The molecule has 0 unspecified atom stereocenters. The summed E-state index contributed by atoms with van der Waals surface area (Å²) in [6, 6.07) is 3.11. The monoisotopic (exact) mass is 123 g/mol. The highest BCUT2D eigenvalue weighted by Gasteiger charge is 1.96. The van der Waals surface area contributed by atoms with E-state index in [9.17, 15) is 0 Å². The summed E-state index contributed by atoms with van der Waals surface area (Å²) < 4.78 is 1.94. The Kier molecular flexibility index (Phi) is 1.56. The summed E-state index contributed by atoms with van der Waals surface area (Å²) in [5.41, 5.74) is 2.10. The largest absolute Gasteiger partial charge is 0.269 e. The van der Waals surface area contributed by atoms with Crippen molar-refractivity contribution in [1.29, 1.82) is 0 Å². The maximum Gasteiger partial charge on any atom is 0.0676 e. The first-order valence-corrected chi connectivity index (χ1v) is 3.17. The number of aromatic nitrogens is 2. The van der Waals surface area contributed by atoms with Crippen LogP contribution in [0.25, 0.3) is 0 Å². The number of rotatable bonds is 1. The van der Waals surface area contributed by atoms with Gasteiger partial charge in [0.1, 0.15) is 0 Å². The lowest BCUT2D eigenvalue weighted by molar-refractivity contribution is 0.634. The fourth-order valence-electron chi connectivity index (χ4n) is 0.915. The summed E-state index contributed by atoms with van der Waals surface area (Å²) in [5, 5.41) is 4.19. The second-order valence-corrected chi connectivity index (χ2v) is 2.11. The Bertz CT molecular complexity index is 201. The Morgan fingerprint density at radius 1 is 1.56 bits per heavy atom. The maximum atomic E-state index is 4.19. The Morgan fingerprint density at radius 3 is 2.44 bits per heavy atom. The van der Waals surface area contributed by atoms with Crippen molar-refractivity contribution >= 4 is 0 Å². The summed E-state index contributed by atoms with van der Waals surface area (Å²) in [7, 11) is 0. The van der Waals surface area contributed by atoms with Crippen molar-refractivity contribution in [3.05, 3.63) is 17.5 Å². The molecule has 0 atom stereocenters. The predicted octanol–water partition coefficient (Wildman–Crippen LogP) is 1.32. The van der Waals surface area contributed by atoms with Gasteiger partial charge in [-0.2, -0.15) is 5.10 Å². The summed E-state index contributed by atoms with van der Waals surface area (Å²) in [6.45, 7) is 6.99. The van der Waals surface area contributed by atoms with Gasteiger partial charge in [0.25, 0.3) is 0 Å². The van der Waals surface area contributed by atoms with Gasteiger partial charge in [0.15, 0.2) is 0 Å². The zero-order chi connectivity index (χ0) is 6.85. The SMILES string of the molecule is CCn1nc(C)[c]c1C. The van der Waals surface area contributed by atoms with Gasteiger partial charge in [-0.25, -0.2) is 0 Å². The van der Waals surface area contributed by atoms with Crippen LogP contribution < -0.4 is 0 Å². The second kappa shape index (κ2) is 2.21. The van der Waals surface area contributed by atoms with Crippen molar-refractivity contribution in [3.8, 4) is 0 Å². The van der Waals surface area contributed by atoms with E-state index in [4.69, 9.17) is 0 Å². The van der Waals surface area contributed by atoms with Crippen molar-refractivity contribution in [2.24, 2.45) is 0 Å². The number of hydrogen-bond donors (Lipinski definition) is 0. The van der Waals surface area contributed by atoms with E-state index in [2.05, 4.69) is 18.1 Å². The van der Waals surface area contributed by atoms with E-state index in [0.29, 0.717) is 0 Å². The molecule has 0 aliphatic carbocycles. The van der Waals surface area contributed by atoms with Gasteiger partial charge in [0, 0.05) is 18.3 Å². The van der Waals surface area contributed by atoms with Crippen molar-refractivity contribution in [3.63, 3.8) is 0 Å². The topological polar surface area (TPSA) is 17.8 Å². The molecule has 0 saturated heterocycles. The van der Waals surface area contributed by atoms with E-state index in [1.807, 2.05) is 18.5 Å². The zero-order valence-corrected chi connectivity index (χ0v) is 6.10. The Balaban J connectivity index is 3.01. The van der Waals surface area contributed by atoms with Crippen LogP contribution in [0.1, 0.15) is 18.3 Å². The molecule has 0 fully saturated rings. The molecular weight excluding hydrogens is 112 g/mol. The number of nitrogens with zero attached hydrogens (tertiary/aromatic N) is 2. The molecule has 1 radical (unpaired) electrons. The molecule has 2 heteroatoms. The summed E-state index contributed by atoms with van der Waals surface area (Å²) in [6.07, 6.45) is 0. The van der Waals surface area contributed by atoms with Crippen LogP contribution in [0.3, 0.4) is 0 Å². The lowest BCUT2D eigenvalue weighted by atomic mass is 10.4. The quantitative estimate of drug-likeness (QED) is 0.550. The maximum absolute atomic E-state index is 4.19. The first kappa shape index (κ1) is 6.33. The Labute approximate surface area is 55.5 Å². The van der Waals surface area contributed by atoms with Gasteiger partial charge in [-0.05, 0) is 20.8 Å². The zero-order valence-electron chi connectivity index (χ0n) is 6.10. The van der Waals surface area contributed by atoms with E-state index in [0.717, 1.165) is 17.9 Å². The van der Waals surface area contributed by atoms with Crippen LogP contribution in [-0.2, 0) is 6.54 Å². The molecule has 0 spiro atoms. The van der Waals surface area contributed by atoms with E-state index in [1.165, 1.54) is 0 Å². The number of hydrogen-bond acceptors (Lipinski definition) is 1. The van der Waals surface area contributed by atoms with Gasteiger partial charge in [0.05, 0.1) is 5.69 Å². The molecular formula is C7H11N2. The smallest absolute Gasteiger partial charge is 0.0676 e. The molecule has 1 aromatic heterocycles. The minimum Gasteiger partial charge on any atom is -0.269 e. The lowest BCUT2D eigenvalue weighted by Crippen LogP contribution is -1.98. The molecule has 1 rings (SSSR count). The second-order valence-electron chi connectivity index (χ2n) is 2.11. The van der Waals surface area contributed by atoms with Gasteiger partial charge in [-0.1, -0.05) is 0 Å². The van der Waals surface area contributed by atoms with Crippen LogP contribution in [0.15, 0.2) is 0 Å². The third kappa shape index (κ3) is 1.12. The van der Waals surface area contributed by atoms with Crippen LogP contribution in [-0.4, -0.2) is 9.78 Å². The van der Waals surface area contributed by atoms with Crippen LogP contribution in [0.2, 0.25) is 0 Å². The van der Waals surface area contributed by atoms with Crippen LogP contribution in [0, 0.1) is 19.9 Å². The predicted molar refractivity (Wildman–Crippen MR) is 36.2 cm³/mol. The fourth-order valence-corrected chi connectivity index (χ4v) is 0.915. The van der Waals surface area contributed by atoms with Crippen molar-refractivity contribution in [1.82, 2.24) is 9.78 Å². The average molecular weight is 123 g/mol. The summed E-state index contributed by atoms with van der Waals surface area (Å²) in [5.74, 6) is 0. The molecule has 2 nitrogen and oxygen atoms in total. The minimum absolute atomic E-state index is 0.941. The molecule has 0 aliphatic heterocycles. The molecule has 49 valence electrons. The normalized spacial score (nSPS) is 10.1. The summed E-state index contributed by atoms with van der Waals surface area (Å²) >= 11 is 0. The highest BCUT2D eigenvalue weighted by Crippen LogP contribution is 1.98. The Morgan fingerprint density at radius 2 is 2.22 bits per heavy atom. The average Bonchev–Trinajstić information content (AvgIpc) is 2.10. The summed E-state index contributed by atoms with van der Waals surface area (Å²) in [4.78, 5) is 0. The standard InChI is InChI=1S/C7H11N2/c1-4-9-7(3)5-6(2)8-9/h4H2,1-3H3. The highest BCUT2D eigenvalue weighted by molar-refractivity contribution is 5.03. The first-order chi connectivity index (χ1) is 4.24. The molecule has 0 saturated carbocycles.